The zero-order chi connectivity index (χ0) is 9.19. The maximum Gasteiger partial charge on any atom is 0.412 e. The van der Waals surface area contributed by atoms with Gasteiger partial charge >= 0.3 is 6.18 Å². The Bertz CT molecular complexity index is 220. The fourth-order valence-electron chi connectivity index (χ4n) is 1.09. The Hall–Kier alpha value is -0.730. The van der Waals surface area contributed by atoms with Crippen molar-refractivity contribution >= 4 is 0 Å². The highest BCUT2D eigenvalue weighted by Gasteiger charge is 2.33. The molecule has 0 aromatic carbocycles. The molecule has 0 saturated heterocycles. The van der Waals surface area contributed by atoms with Crippen molar-refractivity contribution in [1.82, 2.24) is 0 Å². The molecule has 0 amide bonds. The highest BCUT2D eigenvalue weighted by molar-refractivity contribution is 5.34. The first-order valence-corrected chi connectivity index (χ1v) is 3.84. The van der Waals surface area contributed by atoms with Crippen LogP contribution in [0.25, 0.3) is 0 Å². The molecule has 0 nitrogen and oxygen atoms in total. The second-order valence-electron chi connectivity index (χ2n) is 2.70. The van der Waals surface area contributed by atoms with Gasteiger partial charge in [0.15, 0.2) is 0 Å². The molecule has 0 saturated carbocycles. The Labute approximate surface area is 69.8 Å². The Morgan fingerprint density at radius 3 is 2.58 bits per heavy atom. The second kappa shape index (κ2) is 3.33. The van der Waals surface area contributed by atoms with Gasteiger partial charge in [-0.1, -0.05) is 24.6 Å². The van der Waals surface area contributed by atoms with Crippen LogP contribution < -0.4 is 0 Å². The maximum absolute atomic E-state index is 12.1. The van der Waals surface area contributed by atoms with Crippen LogP contribution in [0.3, 0.4) is 0 Å². The predicted molar refractivity (Wildman–Crippen MR) is 41.4 cm³/mol. The van der Waals surface area contributed by atoms with E-state index in [0.29, 0.717) is 6.42 Å². The summed E-state index contributed by atoms with van der Waals surface area (Å²) in [6.07, 6.45) is 1.03. The van der Waals surface area contributed by atoms with Crippen molar-refractivity contribution in [3.8, 4) is 0 Å². The maximum atomic E-state index is 12.1. The van der Waals surface area contributed by atoms with Crippen molar-refractivity contribution in [3.05, 3.63) is 29.7 Å². The molecule has 0 unspecified atom stereocenters. The molecular weight excluding hydrogens is 165 g/mol. The van der Waals surface area contributed by atoms with Crippen molar-refractivity contribution in [2.75, 3.05) is 0 Å². The van der Waals surface area contributed by atoms with Gasteiger partial charge in [0, 0.05) is 5.57 Å². The van der Waals surface area contributed by atoms with Gasteiger partial charge in [-0.25, -0.2) is 0 Å². The van der Waals surface area contributed by atoms with Crippen LogP contribution in [0.5, 0.6) is 0 Å². The first kappa shape index (κ1) is 9.36. The van der Waals surface area contributed by atoms with Gasteiger partial charge in [0.05, 0.1) is 0 Å². The quantitative estimate of drug-likeness (QED) is 0.572. The van der Waals surface area contributed by atoms with Gasteiger partial charge in [-0.3, -0.25) is 0 Å². The SMILES string of the molecule is CCC1=C[CH]CC(C(F)(F)F)=C1. The summed E-state index contributed by atoms with van der Waals surface area (Å²) < 4.78 is 36.4. The lowest BCUT2D eigenvalue weighted by atomic mass is 9.98. The largest absolute Gasteiger partial charge is 0.412 e. The fourth-order valence-corrected chi connectivity index (χ4v) is 1.09. The predicted octanol–water partition coefficient (Wildman–Crippen LogP) is 3.42. The smallest absolute Gasteiger partial charge is 0.166 e. The van der Waals surface area contributed by atoms with Gasteiger partial charge in [0.1, 0.15) is 0 Å². The highest BCUT2D eigenvalue weighted by atomic mass is 19.4. The van der Waals surface area contributed by atoms with Crippen molar-refractivity contribution in [1.29, 1.82) is 0 Å². The molecule has 12 heavy (non-hydrogen) atoms. The van der Waals surface area contributed by atoms with Crippen LogP contribution in [0.1, 0.15) is 19.8 Å². The Morgan fingerprint density at radius 2 is 2.08 bits per heavy atom. The Kier molecular flexibility index (Phi) is 2.60. The lowest BCUT2D eigenvalue weighted by molar-refractivity contribution is -0.0933. The van der Waals surface area contributed by atoms with E-state index in [1.54, 1.807) is 12.5 Å². The summed E-state index contributed by atoms with van der Waals surface area (Å²) in [5.41, 5.74) is 0.301. The minimum absolute atomic E-state index is 0.00694. The third kappa shape index (κ3) is 2.13. The van der Waals surface area contributed by atoms with E-state index in [9.17, 15) is 13.2 Å². The number of allylic oxidation sites excluding steroid dienone is 4. The van der Waals surface area contributed by atoms with Crippen LogP contribution in [0.2, 0.25) is 0 Å². The van der Waals surface area contributed by atoms with Crippen LogP contribution in [0, 0.1) is 6.42 Å². The topological polar surface area (TPSA) is 0 Å². The third-order valence-corrected chi connectivity index (χ3v) is 1.80. The molecular formula is C9H10F3. The van der Waals surface area contributed by atoms with Crippen molar-refractivity contribution < 1.29 is 13.2 Å². The zero-order valence-corrected chi connectivity index (χ0v) is 6.78. The standard InChI is InChI=1S/C9H10F3/c1-2-7-4-3-5-8(6-7)9(10,11)12/h3-4,6H,2,5H2,1H3. The first-order valence-electron chi connectivity index (χ1n) is 3.84. The minimum atomic E-state index is -4.16. The van der Waals surface area contributed by atoms with Gasteiger partial charge in [-0.2, -0.15) is 13.2 Å². The van der Waals surface area contributed by atoms with E-state index in [0.717, 1.165) is 5.57 Å². The molecule has 0 aromatic rings. The molecule has 0 atom stereocenters. The molecule has 67 valence electrons. The number of hydrogen-bond acceptors (Lipinski definition) is 0. The van der Waals surface area contributed by atoms with E-state index in [-0.39, 0.29) is 6.42 Å². The summed E-state index contributed by atoms with van der Waals surface area (Å²) in [4.78, 5) is 0. The number of hydrogen-bond donors (Lipinski definition) is 0. The Morgan fingerprint density at radius 1 is 1.42 bits per heavy atom. The molecule has 0 aromatic heterocycles. The first-order chi connectivity index (χ1) is 5.54. The summed E-state index contributed by atoms with van der Waals surface area (Å²) in [5, 5.41) is 0. The highest BCUT2D eigenvalue weighted by Crippen LogP contribution is 2.32. The van der Waals surface area contributed by atoms with E-state index in [2.05, 4.69) is 0 Å². The van der Waals surface area contributed by atoms with Crippen molar-refractivity contribution in [2.45, 2.75) is 25.9 Å². The molecule has 0 bridgehead atoms. The van der Waals surface area contributed by atoms with E-state index in [1.807, 2.05) is 6.92 Å². The summed E-state index contributed by atoms with van der Waals surface area (Å²) in [7, 11) is 0. The molecule has 1 aliphatic rings. The monoisotopic (exact) mass is 175 g/mol. The lowest BCUT2D eigenvalue weighted by Crippen LogP contribution is -2.13. The molecule has 0 spiro atoms. The summed E-state index contributed by atoms with van der Waals surface area (Å²) >= 11 is 0. The molecule has 0 heterocycles. The number of rotatable bonds is 1. The van der Waals surface area contributed by atoms with Crippen LogP contribution in [0.15, 0.2) is 23.3 Å². The molecule has 0 aliphatic heterocycles. The Balaban J connectivity index is 2.80. The van der Waals surface area contributed by atoms with Gasteiger partial charge in [-0.05, 0) is 19.3 Å². The van der Waals surface area contributed by atoms with E-state index >= 15 is 0 Å². The molecule has 0 N–H and O–H groups in total. The van der Waals surface area contributed by atoms with E-state index in [1.165, 1.54) is 6.08 Å². The fraction of sp³-hybridized carbons (Fsp3) is 0.444. The van der Waals surface area contributed by atoms with E-state index in [4.69, 9.17) is 0 Å². The summed E-state index contributed by atoms with van der Waals surface area (Å²) in [6.45, 7) is 1.84. The third-order valence-electron chi connectivity index (χ3n) is 1.80. The number of halogens is 3. The summed E-state index contributed by atoms with van der Waals surface area (Å²) in [6, 6.07) is 0. The zero-order valence-electron chi connectivity index (χ0n) is 6.78. The molecule has 1 rings (SSSR count). The van der Waals surface area contributed by atoms with Crippen molar-refractivity contribution in [3.63, 3.8) is 0 Å². The van der Waals surface area contributed by atoms with Gasteiger partial charge < -0.3 is 0 Å². The van der Waals surface area contributed by atoms with Gasteiger partial charge in [-0.15, -0.1) is 0 Å². The molecule has 1 aliphatic carbocycles. The van der Waals surface area contributed by atoms with Gasteiger partial charge in [0.25, 0.3) is 0 Å². The molecule has 3 heteroatoms. The lowest BCUT2D eigenvalue weighted by Gasteiger charge is -2.15. The number of alkyl halides is 3. The van der Waals surface area contributed by atoms with Crippen molar-refractivity contribution in [2.24, 2.45) is 0 Å². The van der Waals surface area contributed by atoms with Gasteiger partial charge in [0.2, 0.25) is 0 Å². The molecule has 1 radical (unpaired) electrons. The second-order valence-corrected chi connectivity index (χ2v) is 2.70. The van der Waals surface area contributed by atoms with Crippen LogP contribution in [-0.2, 0) is 0 Å². The average molecular weight is 175 g/mol. The summed E-state index contributed by atoms with van der Waals surface area (Å²) in [5.74, 6) is 0. The molecule has 0 fully saturated rings. The average Bonchev–Trinajstić information content (AvgIpc) is 2.03. The minimum Gasteiger partial charge on any atom is -0.166 e. The van der Waals surface area contributed by atoms with E-state index < -0.39 is 11.7 Å². The normalized spacial score (nSPS) is 18.7. The van der Waals surface area contributed by atoms with Crippen LogP contribution >= 0.6 is 0 Å². The van der Waals surface area contributed by atoms with Crippen LogP contribution in [0.4, 0.5) is 13.2 Å². The van der Waals surface area contributed by atoms with Crippen LogP contribution in [-0.4, -0.2) is 6.18 Å².